The molecule has 0 saturated carbocycles. The molecule has 0 saturated heterocycles. The van der Waals surface area contributed by atoms with Crippen LogP contribution in [0.1, 0.15) is 17.5 Å². The van der Waals surface area contributed by atoms with Gasteiger partial charge < -0.3 is 41.4 Å². The minimum Gasteiger partial charge on any atom is -0.480 e. The molecule has 52 heavy (non-hydrogen) atoms. The molecule has 0 fully saturated rings. The summed E-state index contributed by atoms with van der Waals surface area (Å²) in [6.45, 7) is 0.771. The number of carbonyl (C=O) groups excluding carboxylic acids is 1. The SMILES string of the molecule is Nc1ccccc1N.O=COCN(CC(=O)O)CC(=O)O.c1ccc2[nH]c(CN(Cc3nc4ccccc4[nH]3)Cc3nc4ccccc4[nH]3)nc2c1. The highest BCUT2D eigenvalue weighted by Crippen LogP contribution is 2.18. The first-order valence-electron chi connectivity index (χ1n) is 16.0. The monoisotopic (exact) mass is 706 g/mol. The Labute approximate surface area is 297 Å². The van der Waals surface area contributed by atoms with Gasteiger partial charge in [-0.2, -0.15) is 0 Å². The fourth-order valence-corrected chi connectivity index (χ4v) is 5.22. The number of benzene rings is 4. The zero-order valence-electron chi connectivity index (χ0n) is 28.0. The number of imidazole rings is 3. The van der Waals surface area contributed by atoms with Crippen molar-refractivity contribution < 1.29 is 29.3 Å². The summed E-state index contributed by atoms with van der Waals surface area (Å²) < 4.78 is 4.22. The highest BCUT2D eigenvalue weighted by atomic mass is 16.5. The second kappa shape index (κ2) is 17.7. The van der Waals surface area contributed by atoms with E-state index in [9.17, 15) is 14.4 Å². The first-order chi connectivity index (χ1) is 25.2. The summed E-state index contributed by atoms with van der Waals surface area (Å²) in [5, 5.41) is 16.6. The fraction of sp³-hybridized carbons (Fsp3) is 0.167. The van der Waals surface area contributed by atoms with Crippen molar-refractivity contribution in [2.75, 3.05) is 31.3 Å². The molecule has 0 unspecified atom stereocenters. The number of nitrogen functional groups attached to an aromatic ring is 2. The summed E-state index contributed by atoms with van der Waals surface area (Å²) in [5.74, 6) is 0.404. The Morgan fingerprint density at radius 3 is 1.25 bits per heavy atom. The molecule has 4 aromatic carbocycles. The van der Waals surface area contributed by atoms with Gasteiger partial charge in [-0.25, -0.2) is 19.9 Å². The lowest BCUT2D eigenvalue weighted by atomic mass is 10.3. The summed E-state index contributed by atoms with van der Waals surface area (Å²) in [7, 11) is 0. The second-order valence-corrected chi connectivity index (χ2v) is 11.5. The molecule has 0 spiro atoms. The van der Waals surface area contributed by atoms with E-state index in [-0.39, 0.29) is 13.2 Å². The van der Waals surface area contributed by atoms with Crippen LogP contribution in [0.5, 0.6) is 0 Å². The van der Waals surface area contributed by atoms with Crippen LogP contribution in [0.25, 0.3) is 33.1 Å². The van der Waals surface area contributed by atoms with Crippen LogP contribution < -0.4 is 11.5 Å². The predicted octanol–water partition coefficient (Wildman–Crippen LogP) is 3.96. The molecule has 0 aliphatic rings. The third-order valence-electron chi connectivity index (χ3n) is 7.47. The number of anilines is 2. The van der Waals surface area contributed by atoms with Crippen LogP contribution in [0, 0.1) is 0 Å². The third kappa shape index (κ3) is 10.6. The van der Waals surface area contributed by atoms with E-state index in [2.05, 4.69) is 42.8 Å². The smallest absolute Gasteiger partial charge is 0.317 e. The number of aliphatic carboxylic acids is 2. The number of nitrogens with zero attached hydrogens (tertiary/aromatic N) is 5. The number of hydrogen-bond acceptors (Lipinski definition) is 11. The minimum atomic E-state index is -1.18. The molecule has 9 N–H and O–H groups in total. The molecule has 7 rings (SSSR count). The molecule has 16 nitrogen and oxygen atoms in total. The van der Waals surface area contributed by atoms with Crippen LogP contribution in [0.2, 0.25) is 0 Å². The summed E-state index contributed by atoms with van der Waals surface area (Å²) >= 11 is 0. The van der Waals surface area contributed by atoms with Crippen molar-refractivity contribution >= 4 is 62.9 Å². The topological polar surface area (TPSA) is 245 Å². The van der Waals surface area contributed by atoms with E-state index in [4.69, 9.17) is 36.6 Å². The Balaban J connectivity index is 0.000000206. The zero-order valence-corrected chi connectivity index (χ0v) is 28.0. The number of aromatic nitrogens is 6. The van der Waals surface area contributed by atoms with Gasteiger partial charge in [0.25, 0.3) is 6.47 Å². The van der Waals surface area contributed by atoms with E-state index >= 15 is 0 Å². The van der Waals surface area contributed by atoms with E-state index in [1.807, 2.05) is 66.7 Å². The lowest BCUT2D eigenvalue weighted by Crippen LogP contribution is -2.36. The van der Waals surface area contributed by atoms with Gasteiger partial charge in [0, 0.05) is 0 Å². The zero-order chi connectivity index (χ0) is 36.9. The number of nitrogens with one attached hydrogen (secondary N) is 3. The summed E-state index contributed by atoms with van der Waals surface area (Å²) in [6.07, 6.45) is 0. The molecule has 7 aromatic rings. The Kier molecular flexibility index (Phi) is 12.5. The number of H-pyrrole nitrogens is 3. The molecule has 0 bridgehead atoms. The quantitative estimate of drug-likeness (QED) is 0.0511. The number of carboxylic acid groups (broad SMARTS) is 2. The third-order valence-corrected chi connectivity index (χ3v) is 7.47. The van der Waals surface area contributed by atoms with Crippen molar-refractivity contribution in [2.24, 2.45) is 0 Å². The molecule has 0 aliphatic heterocycles. The van der Waals surface area contributed by atoms with E-state index < -0.39 is 25.0 Å². The van der Waals surface area contributed by atoms with Gasteiger partial charge in [-0.3, -0.25) is 19.3 Å². The van der Waals surface area contributed by atoms with Crippen molar-refractivity contribution in [3.63, 3.8) is 0 Å². The summed E-state index contributed by atoms with van der Waals surface area (Å²) in [6, 6.07) is 31.6. The van der Waals surface area contributed by atoms with Gasteiger partial charge in [0.15, 0.2) is 0 Å². The van der Waals surface area contributed by atoms with Crippen LogP contribution in [0.4, 0.5) is 11.4 Å². The van der Waals surface area contributed by atoms with Gasteiger partial charge in [-0.15, -0.1) is 0 Å². The second-order valence-electron chi connectivity index (χ2n) is 11.5. The van der Waals surface area contributed by atoms with E-state index in [1.165, 1.54) is 0 Å². The van der Waals surface area contributed by atoms with Crippen LogP contribution >= 0.6 is 0 Å². The maximum absolute atomic E-state index is 10.2. The fourth-order valence-electron chi connectivity index (χ4n) is 5.22. The Bertz CT molecular complexity index is 1930. The first kappa shape index (κ1) is 36.5. The van der Waals surface area contributed by atoms with E-state index in [1.54, 1.807) is 12.1 Å². The maximum Gasteiger partial charge on any atom is 0.317 e. The molecule has 3 heterocycles. The highest BCUT2D eigenvalue weighted by Gasteiger charge is 2.16. The summed E-state index contributed by atoms with van der Waals surface area (Å²) in [5.41, 5.74) is 18.2. The van der Waals surface area contributed by atoms with Gasteiger partial charge in [0.05, 0.1) is 77.2 Å². The normalized spacial score (nSPS) is 10.9. The van der Waals surface area contributed by atoms with Gasteiger partial charge in [0.2, 0.25) is 0 Å². The molecular weight excluding hydrogens is 668 g/mol. The predicted molar refractivity (Wildman–Crippen MR) is 195 cm³/mol. The Morgan fingerprint density at radius 1 is 0.596 bits per heavy atom. The largest absolute Gasteiger partial charge is 0.480 e. The number of para-hydroxylation sites is 8. The van der Waals surface area contributed by atoms with Crippen molar-refractivity contribution in [3.05, 3.63) is 115 Å². The molecule has 0 atom stereocenters. The van der Waals surface area contributed by atoms with Crippen molar-refractivity contribution in [1.29, 1.82) is 0 Å². The minimum absolute atomic E-state index is 0.122. The number of nitrogens with two attached hydrogens (primary N) is 2. The lowest BCUT2D eigenvalue weighted by Gasteiger charge is -2.18. The number of carboxylic acids is 2. The molecule has 268 valence electrons. The van der Waals surface area contributed by atoms with Crippen molar-refractivity contribution in [2.45, 2.75) is 19.6 Å². The molecule has 3 aromatic heterocycles. The van der Waals surface area contributed by atoms with Crippen LogP contribution in [-0.4, -0.2) is 88.1 Å². The van der Waals surface area contributed by atoms with E-state index in [0.29, 0.717) is 31.0 Å². The van der Waals surface area contributed by atoms with Crippen LogP contribution in [0.15, 0.2) is 97.1 Å². The molecule has 16 heteroatoms. The Morgan fingerprint density at radius 2 is 0.942 bits per heavy atom. The molecular formula is C36H38N10O6. The van der Waals surface area contributed by atoms with Gasteiger partial charge in [-0.05, 0) is 48.5 Å². The number of aromatic amines is 3. The number of hydrogen-bond donors (Lipinski definition) is 7. The van der Waals surface area contributed by atoms with Crippen molar-refractivity contribution in [1.82, 2.24) is 39.7 Å². The van der Waals surface area contributed by atoms with E-state index in [0.717, 1.165) is 55.5 Å². The van der Waals surface area contributed by atoms with Crippen molar-refractivity contribution in [3.8, 4) is 0 Å². The lowest BCUT2D eigenvalue weighted by molar-refractivity contribution is -0.148. The molecule has 0 amide bonds. The van der Waals surface area contributed by atoms with Crippen LogP contribution in [-0.2, 0) is 38.8 Å². The van der Waals surface area contributed by atoms with Gasteiger partial charge in [-0.1, -0.05) is 48.5 Å². The van der Waals surface area contributed by atoms with Gasteiger partial charge in [0.1, 0.15) is 24.2 Å². The maximum atomic E-state index is 10.2. The van der Waals surface area contributed by atoms with Crippen LogP contribution in [0.3, 0.4) is 0 Å². The Hall–Kier alpha value is -6.78. The summed E-state index contributed by atoms with van der Waals surface area (Å²) in [4.78, 5) is 57.9. The average molecular weight is 707 g/mol. The average Bonchev–Trinajstić information content (AvgIpc) is 3.84. The molecule has 0 aliphatic carbocycles. The molecule has 0 radical (unpaired) electrons. The number of fused-ring (bicyclic) bond motifs is 3. The number of carbonyl (C=O) groups is 3. The van der Waals surface area contributed by atoms with Gasteiger partial charge >= 0.3 is 11.9 Å². The standard InChI is InChI=1S/C24H21N7.C6H8N2.C6H9NO6/c1-2-8-17-16(7-1)25-22(26-17)13-31(14-23-27-18-9-3-4-10-19(18)28-23)15-24-29-20-11-5-6-12-21(20)30-24;7-5-3-1-2-4-6(5)8;8-4-13-3-7(1-5(9)10)2-6(11)12/h1-12H,13-15H2,(H,25,26)(H,27,28)(H,29,30);1-4H,7-8H2;4H,1-3H2,(H,9,10)(H,11,12). The number of ether oxygens (including phenoxy) is 1. The number of rotatable bonds is 13. The highest BCUT2D eigenvalue weighted by molar-refractivity contribution is 5.76. The first-order valence-corrected chi connectivity index (χ1v) is 16.0.